The van der Waals surface area contributed by atoms with E-state index >= 15 is 0 Å². The van der Waals surface area contributed by atoms with Crippen molar-refractivity contribution in [1.82, 2.24) is 0 Å². The quantitative estimate of drug-likeness (QED) is 0.683. The molecule has 1 aromatic carbocycles. The minimum absolute atomic E-state index is 0.0932. The van der Waals surface area contributed by atoms with Crippen LogP contribution in [0, 0.1) is 5.82 Å². The smallest absolute Gasteiger partial charge is 0.389 e. The number of nitrogen functional groups attached to an aromatic ring is 1. The second kappa shape index (κ2) is 5.13. The molecule has 102 valence electrons. The first-order valence-electron chi connectivity index (χ1n) is 4.96. The fraction of sp³-hybridized carbons (Fsp3) is 0.400. The molecule has 0 spiro atoms. The van der Waals surface area contributed by atoms with Gasteiger partial charge in [0.25, 0.3) is 0 Å². The van der Waals surface area contributed by atoms with Crippen molar-refractivity contribution in [3.8, 4) is 0 Å². The molecule has 0 bridgehead atoms. The topological polar surface area (TPSA) is 60.2 Å². The van der Waals surface area contributed by atoms with Gasteiger partial charge >= 0.3 is 6.18 Å². The van der Waals surface area contributed by atoms with Gasteiger partial charge in [-0.1, -0.05) is 0 Å². The van der Waals surface area contributed by atoms with Crippen LogP contribution in [0.25, 0.3) is 0 Å². The highest BCUT2D eigenvalue weighted by atomic mass is 32.2. The summed E-state index contributed by atoms with van der Waals surface area (Å²) < 4.78 is 71.9. The monoisotopic (exact) mass is 285 g/mol. The number of hydrogen-bond donors (Lipinski definition) is 1. The van der Waals surface area contributed by atoms with Crippen molar-refractivity contribution in [1.29, 1.82) is 0 Å². The average Bonchev–Trinajstić information content (AvgIpc) is 2.13. The number of alkyl halides is 3. The molecule has 0 saturated carbocycles. The fourth-order valence-electron chi connectivity index (χ4n) is 1.34. The first kappa shape index (κ1) is 14.7. The molecule has 0 heterocycles. The zero-order chi connectivity index (χ0) is 14.0. The number of nitrogens with two attached hydrogens (primary N) is 1. The van der Waals surface area contributed by atoms with Gasteiger partial charge < -0.3 is 5.73 Å². The van der Waals surface area contributed by atoms with E-state index in [4.69, 9.17) is 5.73 Å². The number of benzene rings is 1. The van der Waals surface area contributed by atoms with Crippen LogP contribution in [0.1, 0.15) is 12.8 Å². The van der Waals surface area contributed by atoms with E-state index in [0.717, 1.165) is 18.2 Å². The number of sulfone groups is 1. The van der Waals surface area contributed by atoms with E-state index in [0.29, 0.717) is 0 Å². The van der Waals surface area contributed by atoms with E-state index in [-0.39, 0.29) is 5.69 Å². The molecule has 0 aliphatic rings. The van der Waals surface area contributed by atoms with E-state index in [2.05, 4.69) is 0 Å². The Morgan fingerprint density at radius 1 is 1.17 bits per heavy atom. The van der Waals surface area contributed by atoms with Crippen LogP contribution >= 0.6 is 0 Å². The van der Waals surface area contributed by atoms with Gasteiger partial charge in [0.1, 0.15) is 5.82 Å². The van der Waals surface area contributed by atoms with Gasteiger partial charge in [-0.2, -0.15) is 13.2 Å². The Labute approximate surface area is 102 Å². The Morgan fingerprint density at radius 2 is 1.78 bits per heavy atom. The predicted molar refractivity (Wildman–Crippen MR) is 58.2 cm³/mol. The van der Waals surface area contributed by atoms with E-state index in [1.165, 1.54) is 0 Å². The second-order valence-corrected chi connectivity index (χ2v) is 5.87. The summed E-state index contributed by atoms with van der Waals surface area (Å²) in [5.74, 6) is -1.54. The van der Waals surface area contributed by atoms with Crippen molar-refractivity contribution >= 4 is 15.5 Å². The Morgan fingerprint density at radius 3 is 2.28 bits per heavy atom. The van der Waals surface area contributed by atoms with E-state index in [1.807, 2.05) is 0 Å². The van der Waals surface area contributed by atoms with E-state index < -0.39 is 45.3 Å². The number of anilines is 1. The van der Waals surface area contributed by atoms with Gasteiger partial charge in [-0.3, -0.25) is 0 Å². The summed E-state index contributed by atoms with van der Waals surface area (Å²) in [6.45, 7) is 0. The lowest BCUT2D eigenvalue weighted by Gasteiger charge is -2.07. The molecule has 0 radical (unpaired) electrons. The maximum Gasteiger partial charge on any atom is 0.389 e. The highest BCUT2D eigenvalue weighted by Crippen LogP contribution is 2.23. The highest BCUT2D eigenvalue weighted by molar-refractivity contribution is 7.91. The molecule has 18 heavy (non-hydrogen) atoms. The predicted octanol–water partition coefficient (Wildman–Crippen LogP) is 2.52. The summed E-state index contributed by atoms with van der Waals surface area (Å²) in [5.41, 5.74) is 5.18. The van der Waals surface area contributed by atoms with Crippen LogP contribution in [-0.4, -0.2) is 20.3 Å². The summed E-state index contributed by atoms with van der Waals surface area (Å²) in [5, 5.41) is 0. The molecule has 0 aliphatic carbocycles. The second-order valence-electron chi connectivity index (χ2n) is 3.76. The molecule has 1 rings (SSSR count). The van der Waals surface area contributed by atoms with Gasteiger partial charge in [-0.15, -0.1) is 0 Å². The zero-order valence-electron chi connectivity index (χ0n) is 9.17. The summed E-state index contributed by atoms with van der Waals surface area (Å²) in [6.07, 6.45) is -6.17. The van der Waals surface area contributed by atoms with Gasteiger partial charge in [-0.05, 0) is 24.6 Å². The number of halogens is 4. The molecule has 0 saturated heterocycles. The summed E-state index contributed by atoms with van der Waals surface area (Å²) in [4.78, 5) is -0.401. The van der Waals surface area contributed by atoms with Crippen LogP contribution in [0.5, 0.6) is 0 Å². The molecule has 2 N–H and O–H groups in total. The first-order chi connectivity index (χ1) is 8.10. The summed E-state index contributed by atoms with van der Waals surface area (Å²) in [7, 11) is -3.95. The van der Waals surface area contributed by atoms with Crippen molar-refractivity contribution in [3.63, 3.8) is 0 Å². The molecule has 3 nitrogen and oxygen atoms in total. The van der Waals surface area contributed by atoms with Gasteiger partial charge in [0.05, 0.1) is 10.6 Å². The lowest BCUT2D eigenvalue weighted by Crippen LogP contribution is -2.13. The SMILES string of the molecule is Nc1cc(F)cc(S(=O)(=O)CCCC(F)(F)F)c1. The molecule has 0 aromatic heterocycles. The molecule has 0 amide bonds. The zero-order valence-corrected chi connectivity index (χ0v) is 9.98. The van der Waals surface area contributed by atoms with Crippen LogP contribution in [-0.2, 0) is 9.84 Å². The van der Waals surface area contributed by atoms with E-state index in [1.54, 1.807) is 0 Å². The molecule has 1 aromatic rings. The molecular weight excluding hydrogens is 274 g/mol. The Bertz CT molecular complexity index is 505. The van der Waals surface area contributed by atoms with Crippen LogP contribution < -0.4 is 5.73 Å². The van der Waals surface area contributed by atoms with E-state index in [9.17, 15) is 26.0 Å². The number of rotatable bonds is 4. The minimum atomic E-state index is -4.41. The van der Waals surface area contributed by atoms with Crippen molar-refractivity contribution in [2.75, 3.05) is 11.5 Å². The molecule has 0 aliphatic heterocycles. The van der Waals surface area contributed by atoms with Crippen LogP contribution in [0.2, 0.25) is 0 Å². The molecular formula is C10H11F4NO2S. The summed E-state index contributed by atoms with van der Waals surface area (Å²) >= 11 is 0. The van der Waals surface area contributed by atoms with Gasteiger partial charge in [0.15, 0.2) is 9.84 Å². The van der Waals surface area contributed by atoms with Crippen molar-refractivity contribution in [3.05, 3.63) is 24.0 Å². The third-order valence-electron chi connectivity index (χ3n) is 2.13. The third-order valence-corrected chi connectivity index (χ3v) is 3.91. The fourth-order valence-corrected chi connectivity index (χ4v) is 2.71. The van der Waals surface area contributed by atoms with Gasteiger partial charge in [0.2, 0.25) is 0 Å². The Balaban J connectivity index is 2.80. The largest absolute Gasteiger partial charge is 0.399 e. The van der Waals surface area contributed by atoms with Gasteiger partial charge in [-0.25, -0.2) is 12.8 Å². The van der Waals surface area contributed by atoms with Crippen molar-refractivity contribution in [2.45, 2.75) is 23.9 Å². The first-order valence-corrected chi connectivity index (χ1v) is 6.61. The normalized spacial score (nSPS) is 12.7. The summed E-state index contributed by atoms with van der Waals surface area (Å²) in [6, 6.07) is 2.68. The van der Waals surface area contributed by atoms with Crippen molar-refractivity contribution in [2.24, 2.45) is 0 Å². The maximum atomic E-state index is 12.9. The molecule has 0 unspecified atom stereocenters. The van der Waals surface area contributed by atoms with Crippen molar-refractivity contribution < 1.29 is 26.0 Å². The molecule has 0 fully saturated rings. The minimum Gasteiger partial charge on any atom is -0.399 e. The van der Waals surface area contributed by atoms with Crippen LogP contribution in [0.3, 0.4) is 0 Å². The van der Waals surface area contributed by atoms with Crippen LogP contribution in [0.4, 0.5) is 23.2 Å². The maximum absolute atomic E-state index is 12.9. The average molecular weight is 285 g/mol. The standard InChI is InChI=1S/C10H11F4NO2S/c11-7-4-8(15)6-9(5-7)18(16,17)3-1-2-10(12,13)14/h4-6H,1-3,15H2. The Kier molecular flexibility index (Phi) is 4.20. The lowest BCUT2D eigenvalue weighted by atomic mass is 10.3. The third kappa shape index (κ3) is 4.52. The number of hydrogen-bond acceptors (Lipinski definition) is 3. The lowest BCUT2D eigenvalue weighted by molar-refractivity contribution is -0.134. The van der Waals surface area contributed by atoms with Crippen LogP contribution in [0.15, 0.2) is 23.1 Å². The highest BCUT2D eigenvalue weighted by Gasteiger charge is 2.28. The molecule has 8 heteroatoms. The van der Waals surface area contributed by atoms with Gasteiger partial charge in [0, 0.05) is 12.1 Å². The Hall–Kier alpha value is -1.31. The molecule has 0 atom stereocenters.